The number of likely N-dealkylation sites (tertiary alicyclic amines) is 1. The van der Waals surface area contributed by atoms with Crippen molar-refractivity contribution in [2.45, 2.75) is 51.0 Å². The van der Waals surface area contributed by atoms with Gasteiger partial charge in [0.1, 0.15) is 0 Å². The van der Waals surface area contributed by atoms with Gasteiger partial charge < -0.3 is 5.73 Å². The molecule has 1 amide bonds. The van der Waals surface area contributed by atoms with Crippen molar-refractivity contribution in [3.05, 3.63) is 35.9 Å². The van der Waals surface area contributed by atoms with Crippen molar-refractivity contribution in [1.29, 1.82) is 0 Å². The predicted molar refractivity (Wildman–Crippen MR) is 89.2 cm³/mol. The number of carbonyl (C=O) groups is 1. The molecule has 1 unspecified atom stereocenters. The maximum Gasteiger partial charge on any atom is 0.220 e. The summed E-state index contributed by atoms with van der Waals surface area (Å²) < 4.78 is 0. The van der Waals surface area contributed by atoms with E-state index in [2.05, 4.69) is 35.2 Å². The molecule has 120 valence electrons. The highest BCUT2D eigenvalue weighted by molar-refractivity contribution is 5.76. The van der Waals surface area contributed by atoms with E-state index in [0.29, 0.717) is 12.0 Å². The standard InChI is InChI=1S/C19H28N2O/c20-19(22)17-11-9-16(10-12-17)18(15-7-3-1-4-8-15)21-13-5-2-6-14-21/h1,3-4,7-8,16-18H,2,5-6,9-14H2,(H2,20,22). The lowest BCUT2D eigenvalue weighted by atomic mass is 9.75. The maximum atomic E-state index is 11.4. The van der Waals surface area contributed by atoms with Gasteiger partial charge in [-0.2, -0.15) is 0 Å². The zero-order valence-corrected chi connectivity index (χ0v) is 13.4. The number of primary amides is 1. The molecule has 1 saturated heterocycles. The lowest BCUT2D eigenvalue weighted by Gasteiger charge is -2.42. The van der Waals surface area contributed by atoms with Gasteiger partial charge in [-0.3, -0.25) is 9.69 Å². The molecule has 3 nitrogen and oxygen atoms in total. The normalized spacial score (nSPS) is 28.2. The summed E-state index contributed by atoms with van der Waals surface area (Å²) in [5.41, 5.74) is 6.94. The van der Waals surface area contributed by atoms with Gasteiger partial charge in [0.15, 0.2) is 0 Å². The Morgan fingerprint density at radius 3 is 2.23 bits per heavy atom. The zero-order valence-electron chi connectivity index (χ0n) is 13.4. The van der Waals surface area contributed by atoms with Crippen LogP contribution in [0.5, 0.6) is 0 Å². The minimum Gasteiger partial charge on any atom is -0.369 e. The van der Waals surface area contributed by atoms with Gasteiger partial charge >= 0.3 is 0 Å². The van der Waals surface area contributed by atoms with Crippen LogP contribution in [0.4, 0.5) is 0 Å². The fourth-order valence-corrected chi connectivity index (χ4v) is 4.35. The molecule has 22 heavy (non-hydrogen) atoms. The van der Waals surface area contributed by atoms with Crippen LogP contribution in [-0.2, 0) is 4.79 Å². The minimum absolute atomic E-state index is 0.104. The van der Waals surface area contributed by atoms with Crippen molar-refractivity contribution >= 4 is 5.91 Å². The van der Waals surface area contributed by atoms with Gasteiger partial charge in [0, 0.05) is 12.0 Å². The Kier molecular flexibility index (Phi) is 5.14. The highest BCUT2D eigenvalue weighted by Gasteiger charge is 2.34. The minimum atomic E-state index is -0.104. The zero-order chi connectivity index (χ0) is 15.4. The molecule has 1 saturated carbocycles. The summed E-state index contributed by atoms with van der Waals surface area (Å²) >= 11 is 0. The summed E-state index contributed by atoms with van der Waals surface area (Å²) in [5.74, 6) is 0.665. The molecular weight excluding hydrogens is 272 g/mol. The first-order valence-electron chi connectivity index (χ1n) is 8.84. The summed E-state index contributed by atoms with van der Waals surface area (Å²) in [7, 11) is 0. The van der Waals surface area contributed by atoms with Crippen molar-refractivity contribution in [2.24, 2.45) is 17.6 Å². The molecule has 2 N–H and O–H groups in total. The van der Waals surface area contributed by atoms with Crippen LogP contribution in [-0.4, -0.2) is 23.9 Å². The largest absolute Gasteiger partial charge is 0.369 e. The third-order valence-corrected chi connectivity index (χ3v) is 5.55. The monoisotopic (exact) mass is 300 g/mol. The van der Waals surface area contributed by atoms with E-state index >= 15 is 0 Å². The van der Waals surface area contributed by atoms with Gasteiger partial charge in [0.05, 0.1) is 0 Å². The average Bonchev–Trinajstić information content (AvgIpc) is 2.57. The molecule has 1 aliphatic heterocycles. The van der Waals surface area contributed by atoms with Crippen molar-refractivity contribution in [3.8, 4) is 0 Å². The lowest BCUT2D eigenvalue weighted by molar-refractivity contribution is -0.123. The van der Waals surface area contributed by atoms with Crippen molar-refractivity contribution in [1.82, 2.24) is 4.90 Å². The summed E-state index contributed by atoms with van der Waals surface area (Å²) in [6, 6.07) is 11.5. The SMILES string of the molecule is NC(=O)C1CCC(C(c2ccccc2)N2CCCCC2)CC1. The van der Waals surface area contributed by atoms with Gasteiger partial charge in [-0.1, -0.05) is 36.8 Å². The smallest absolute Gasteiger partial charge is 0.220 e. The van der Waals surface area contributed by atoms with Crippen molar-refractivity contribution in [2.75, 3.05) is 13.1 Å². The quantitative estimate of drug-likeness (QED) is 0.925. The van der Waals surface area contributed by atoms with Crippen LogP contribution < -0.4 is 5.73 Å². The Morgan fingerprint density at radius 1 is 1.00 bits per heavy atom. The number of benzene rings is 1. The van der Waals surface area contributed by atoms with Crippen molar-refractivity contribution < 1.29 is 4.79 Å². The van der Waals surface area contributed by atoms with Crippen LogP contribution >= 0.6 is 0 Å². The van der Waals surface area contributed by atoms with Crippen LogP contribution in [0.15, 0.2) is 30.3 Å². The summed E-state index contributed by atoms with van der Waals surface area (Å²) in [6.07, 6.45) is 8.20. The molecule has 0 spiro atoms. The highest BCUT2D eigenvalue weighted by atomic mass is 16.1. The van der Waals surface area contributed by atoms with Gasteiger partial charge in [-0.05, 0) is 63.1 Å². The van der Waals surface area contributed by atoms with E-state index < -0.39 is 0 Å². The fourth-order valence-electron chi connectivity index (χ4n) is 4.35. The molecule has 1 atom stereocenters. The molecule has 0 radical (unpaired) electrons. The fraction of sp³-hybridized carbons (Fsp3) is 0.632. The molecule has 0 bridgehead atoms. The number of carbonyl (C=O) groups excluding carboxylic acids is 1. The van der Waals surface area contributed by atoms with Gasteiger partial charge in [-0.25, -0.2) is 0 Å². The van der Waals surface area contributed by atoms with Crippen LogP contribution in [0.1, 0.15) is 56.6 Å². The number of hydrogen-bond donors (Lipinski definition) is 1. The second-order valence-corrected chi connectivity index (χ2v) is 6.97. The highest BCUT2D eigenvalue weighted by Crippen LogP contribution is 2.41. The van der Waals surface area contributed by atoms with E-state index in [-0.39, 0.29) is 11.8 Å². The molecule has 0 aromatic heterocycles. The topological polar surface area (TPSA) is 46.3 Å². The molecule has 1 aromatic rings. The maximum absolute atomic E-state index is 11.4. The van der Waals surface area contributed by atoms with E-state index in [9.17, 15) is 4.79 Å². The molecular formula is C19H28N2O. The summed E-state index contributed by atoms with van der Waals surface area (Å²) in [4.78, 5) is 14.1. The number of rotatable bonds is 4. The number of nitrogens with zero attached hydrogens (tertiary/aromatic N) is 1. The Bertz CT molecular complexity index is 473. The molecule has 1 aliphatic carbocycles. The number of amides is 1. The van der Waals surface area contributed by atoms with Gasteiger partial charge in [0.25, 0.3) is 0 Å². The van der Waals surface area contributed by atoms with E-state index in [1.165, 1.54) is 37.9 Å². The molecule has 2 aliphatic rings. The molecule has 3 heteroatoms. The third kappa shape index (κ3) is 3.52. The Hall–Kier alpha value is -1.35. The lowest BCUT2D eigenvalue weighted by Crippen LogP contribution is -2.39. The average molecular weight is 300 g/mol. The second-order valence-electron chi connectivity index (χ2n) is 6.97. The number of hydrogen-bond acceptors (Lipinski definition) is 2. The molecule has 1 aromatic carbocycles. The first kappa shape index (κ1) is 15.5. The first-order valence-corrected chi connectivity index (χ1v) is 8.84. The Morgan fingerprint density at radius 2 is 1.64 bits per heavy atom. The van der Waals surface area contributed by atoms with Crippen LogP contribution in [0, 0.1) is 11.8 Å². The summed E-state index contributed by atoms with van der Waals surface area (Å²) in [5, 5.41) is 0. The third-order valence-electron chi connectivity index (χ3n) is 5.55. The van der Waals surface area contributed by atoms with E-state index in [1.54, 1.807) is 0 Å². The van der Waals surface area contributed by atoms with Gasteiger partial charge in [0.2, 0.25) is 5.91 Å². The number of nitrogens with two attached hydrogens (primary N) is 1. The second kappa shape index (κ2) is 7.28. The summed E-state index contributed by atoms with van der Waals surface area (Å²) in [6.45, 7) is 2.44. The van der Waals surface area contributed by atoms with Gasteiger partial charge in [-0.15, -0.1) is 0 Å². The van der Waals surface area contributed by atoms with E-state index in [1.807, 2.05) is 0 Å². The van der Waals surface area contributed by atoms with Crippen molar-refractivity contribution in [3.63, 3.8) is 0 Å². The molecule has 2 fully saturated rings. The Labute approximate surface area is 133 Å². The Balaban J connectivity index is 1.75. The molecule has 1 heterocycles. The predicted octanol–water partition coefficient (Wildman–Crippen LogP) is 3.51. The van der Waals surface area contributed by atoms with E-state index in [4.69, 9.17) is 5.73 Å². The number of piperidine rings is 1. The van der Waals surface area contributed by atoms with Crippen LogP contribution in [0.3, 0.4) is 0 Å². The van der Waals surface area contributed by atoms with E-state index in [0.717, 1.165) is 25.7 Å². The van der Waals surface area contributed by atoms with Crippen LogP contribution in [0.25, 0.3) is 0 Å². The molecule has 3 rings (SSSR count). The first-order chi connectivity index (χ1) is 10.8. The van der Waals surface area contributed by atoms with Crippen LogP contribution in [0.2, 0.25) is 0 Å².